The summed E-state index contributed by atoms with van der Waals surface area (Å²) in [6.07, 6.45) is 0.833. The van der Waals surface area contributed by atoms with Crippen LogP contribution < -0.4 is 5.32 Å². The smallest absolute Gasteiger partial charge is 0.312 e. The highest BCUT2D eigenvalue weighted by Gasteiger charge is 2.14. The van der Waals surface area contributed by atoms with Crippen molar-refractivity contribution < 1.29 is 18.8 Å². The number of aryl methyl sites for hydroxylation is 1. The zero-order valence-electron chi connectivity index (χ0n) is 13.8. The predicted octanol–water partition coefficient (Wildman–Crippen LogP) is 3.11. The molecule has 0 saturated heterocycles. The van der Waals surface area contributed by atoms with Gasteiger partial charge in [-0.15, -0.1) is 0 Å². The van der Waals surface area contributed by atoms with Crippen LogP contribution in [-0.4, -0.2) is 23.6 Å². The van der Waals surface area contributed by atoms with Crippen molar-refractivity contribution in [1.29, 1.82) is 0 Å². The molecule has 3 rings (SSSR count). The number of rotatable bonds is 6. The quantitative estimate of drug-likeness (QED) is 0.698. The predicted molar refractivity (Wildman–Crippen MR) is 93.1 cm³/mol. The third-order valence-electron chi connectivity index (χ3n) is 3.75. The van der Waals surface area contributed by atoms with Crippen LogP contribution in [0.25, 0.3) is 11.0 Å². The van der Waals surface area contributed by atoms with Gasteiger partial charge in [-0.25, -0.2) is 0 Å². The van der Waals surface area contributed by atoms with Gasteiger partial charge in [-0.3, -0.25) is 9.59 Å². The van der Waals surface area contributed by atoms with Crippen molar-refractivity contribution in [2.24, 2.45) is 0 Å². The van der Waals surface area contributed by atoms with E-state index in [1.165, 1.54) is 0 Å². The first-order valence-corrected chi connectivity index (χ1v) is 8.03. The van der Waals surface area contributed by atoms with E-state index in [2.05, 4.69) is 10.5 Å². The molecule has 1 heterocycles. The number of nitrogens with one attached hydrogen (secondary N) is 1. The summed E-state index contributed by atoms with van der Waals surface area (Å²) in [4.78, 5) is 23.8. The van der Waals surface area contributed by atoms with Gasteiger partial charge in [-0.1, -0.05) is 36.3 Å². The van der Waals surface area contributed by atoms with Gasteiger partial charge in [0.25, 0.3) is 5.91 Å². The van der Waals surface area contributed by atoms with Gasteiger partial charge in [0.1, 0.15) is 5.69 Å². The highest BCUT2D eigenvalue weighted by atomic mass is 16.5. The number of benzene rings is 2. The molecule has 6 nitrogen and oxygen atoms in total. The standard InChI is InChI=1S/C19H18N2O4/c1-2-13-6-5-7-14(10-13)20-18(22)12-24-19(23)11-16-15-8-3-4-9-17(15)25-21-16/h3-10H,2,11-12H2,1H3,(H,20,22). The van der Waals surface area contributed by atoms with Crippen molar-refractivity contribution in [3.63, 3.8) is 0 Å². The first-order valence-electron chi connectivity index (χ1n) is 8.03. The average molecular weight is 338 g/mol. The SMILES string of the molecule is CCc1cccc(NC(=O)COC(=O)Cc2noc3ccccc23)c1. The number of carbonyl (C=O) groups is 2. The Bertz CT molecular complexity index is 901. The third kappa shape index (κ3) is 4.23. The average Bonchev–Trinajstić information content (AvgIpc) is 3.03. The molecule has 0 spiro atoms. The minimum atomic E-state index is -0.531. The molecule has 6 heteroatoms. The fraction of sp³-hybridized carbons (Fsp3) is 0.211. The van der Waals surface area contributed by atoms with Gasteiger partial charge in [-0.2, -0.15) is 0 Å². The van der Waals surface area contributed by atoms with Crippen LogP contribution in [-0.2, 0) is 27.2 Å². The van der Waals surface area contributed by atoms with Gasteiger partial charge in [0.05, 0.1) is 6.42 Å². The number of nitrogens with zero attached hydrogens (tertiary/aromatic N) is 1. The molecule has 25 heavy (non-hydrogen) atoms. The fourth-order valence-corrected chi connectivity index (χ4v) is 2.47. The molecule has 0 aliphatic heterocycles. The van der Waals surface area contributed by atoms with Crippen molar-refractivity contribution in [2.75, 3.05) is 11.9 Å². The van der Waals surface area contributed by atoms with Crippen LogP contribution in [0.15, 0.2) is 53.1 Å². The summed E-state index contributed by atoms with van der Waals surface area (Å²) in [6.45, 7) is 1.70. The summed E-state index contributed by atoms with van der Waals surface area (Å²) < 4.78 is 10.2. The lowest BCUT2D eigenvalue weighted by molar-refractivity contribution is -0.146. The molecule has 0 bridgehead atoms. The van der Waals surface area contributed by atoms with E-state index in [-0.39, 0.29) is 18.9 Å². The van der Waals surface area contributed by atoms with Crippen molar-refractivity contribution in [2.45, 2.75) is 19.8 Å². The minimum absolute atomic E-state index is 0.0460. The third-order valence-corrected chi connectivity index (χ3v) is 3.75. The maximum Gasteiger partial charge on any atom is 0.312 e. The van der Waals surface area contributed by atoms with Crippen LogP contribution in [0.1, 0.15) is 18.2 Å². The summed E-state index contributed by atoms with van der Waals surface area (Å²) in [5.74, 6) is -0.914. The van der Waals surface area contributed by atoms with Gasteiger partial charge >= 0.3 is 5.97 Å². The molecule has 0 saturated carbocycles. The number of hydrogen-bond acceptors (Lipinski definition) is 5. The fourth-order valence-electron chi connectivity index (χ4n) is 2.47. The van der Waals surface area contributed by atoms with Crippen molar-refractivity contribution in [1.82, 2.24) is 5.16 Å². The zero-order chi connectivity index (χ0) is 17.6. The van der Waals surface area contributed by atoms with E-state index in [9.17, 15) is 9.59 Å². The van der Waals surface area contributed by atoms with E-state index < -0.39 is 5.97 Å². The van der Waals surface area contributed by atoms with Crippen LogP contribution in [0.2, 0.25) is 0 Å². The monoisotopic (exact) mass is 338 g/mol. The molecule has 128 valence electrons. The molecule has 1 N–H and O–H groups in total. The Morgan fingerprint density at radius 2 is 2.00 bits per heavy atom. The molecule has 1 amide bonds. The summed E-state index contributed by atoms with van der Waals surface area (Å²) in [6, 6.07) is 14.8. The van der Waals surface area contributed by atoms with Gasteiger partial charge < -0.3 is 14.6 Å². The molecular weight excluding hydrogens is 320 g/mol. The second-order valence-corrected chi connectivity index (χ2v) is 5.56. The maximum absolute atomic E-state index is 11.9. The Hall–Kier alpha value is -3.15. The Morgan fingerprint density at radius 3 is 2.84 bits per heavy atom. The van der Waals surface area contributed by atoms with E-state index >= 15 is 0 Å². The van der Waals surface area contributed by atoms with E-state index in [0.29, 0.717) is 17.0 Å². The Balaban J connectivity index is 1.52. The van der Waals surface area contributed by atoms with Gasteiger partial charge in [-0.05, 0) is 36.2 Å². The molecule has 3 aromatic rings. The molecule has 0 unspecified atom stereocenters. The van der Waals surface area contributed by atoms with Crippen LogP contribution in [0, 0.1) is 0 Å². The number of aromatic nitrogens is 1. The van der Waals surface area contributed by atoms with Crippen molar-refractivity contribution >= 4 is 28.5 Å². The largest absolute Gasteiger partial charge is 0.455 e. The summed E-state index contributed by atoms with van der Waals surface area (Å²) in [5.41, 5.74) is 2.91. The topological polar surface area (TPSA) is 81.4 Å². The molecule has 0 aliphatic rings. The Labute approximate surface area is 144 Å². The number of anilines is 1. The number of hydrogen-bond donors (Lipinski definition) is 1. The zero-order valence-corrected chi connectivity index (χ0v) is 13.8. The van der Waals surface area contributed by atoms with Gasteiger partial charge in [0.2, 0.25) is 0 Å². The lowest BCUT2D eigenvalue weighted by atomic mass is 10.1. The Kier molecular flexibility index (Phi) is 5.09. The molecule has 0 atom stereocenters. The number of carbonyl (C=O) groups excluding carboxylic acids is 2. The first-order chi connectivity index (χ1) is 12.2. The van der Waals surface area contributed by atoms with E-state index in [1.807, 2.05) is 43.3 Å². The molecule has 0 aliphatic carbocycles. The first kappa shape index (κ1) is 16.7. The minimum Gasteiger partial charge on any atom is -0.455 e. The molecule has 2 aromatic carbocycles. The highest BCUT2D eigenvalue weighted by Crippen LogP contribution is 2.18. The van der Waals surface area contributed by atoms with Crippen LogP contribution in [0.3, 0.4) is 0 Å². The lowest BCUT2D eigenvalue weighted by Crippen LogP contribution is -2.21. The van der Waals surface area contributed by atoms with Crippen LogP contribution >= 0.6 is 0 Å². The number of para-hydroxylation sites is 1. The van der Waals surface area contributed by atoms with Gasteiger partial charge in [0.15, 0.2) is 12.2 Å². The molecular formula is C19H18N2O4. The molecule has 1 aromatic heterocycles. The number of amides is 1. The van der Waals surface area contributed by atoms with E-state index in [4.69, 9.17) is 9.26 Å². The summed E-state index contributed by atoms with van der Waals surface area (Å²) in [5, 5.41) is 7.35. The van der Waals surface area contributed by atoms with Crippen LogP contribution in [0.4, 0.5) is 5.69 Å². The Morgan fingerprint density at radius 1 is 1.16 bits per heavy atom. The normalized spacial score (nSPS) is 10.6. The van der Waals surface area contributed by atoms with Gasteiger partial charge in [0, 0.05) is 11.1 Å². The summed E-state index contributed by atoms with van der Waals surface area (Å²) in [7, 11) is 0. The number of esters is 1. The highest BCUT2D eigenvalue weighted by molar-refractivity contribution is 5.93. The van der Waals surface area contributed by atoms with E-state index in [1.54, 1.807) is 12.1 Å². The maximum atomic E-state index is 11.9. The molecule has 0 fully saturated rings. The molecule has 0 radical (unpaired) electrons. The second-order valence-electron chi connectivity index (χ2n) is 5.56. The van der Waals surface area contributed by atoms with Crippen molar-refractivity contribution in [3.05, 3.63) is 59.8 Å². The van der Waals surface area contributed by atoms with Crippen LogP contribution in [0.5, 0.6) is 0 Å². The number of fused-ring (bicyclic) bond motifs is 1. The second kappa shape index (κ2) is 7.61. The number of ether oxygens (including phenoxy) is 1. The lowest BCUT2D eigenvalue weighted by Gasteiger charge is -2.07. The van der Waals surface area contributed by atoms with Crippen molar-refractivity contribution in [3.8, 4) is 0 Å². The van der Waals surface area contributed by atoms with E-state index in [0.717, 1.165) is 17.4 Å². The summed E-state index contributed by atoms with van der Waals surface area (Å²) >= 11 is 0.